The standard InChI is InChI=1S/C10H17NO2/c1-9-3-4-10(13-9,7-11-2)6-8(12)5-9/h3-4,8,11-12H,5-7H2,1-2H3/t8-,9-,10-/m0/s1. The number of rotatable bonds is 2. The molecule has 0 aromatic rings. The zero-order valence-electron chi connectivity index (χ0n) is 8.21. The maximum atomic E-state index is 9.70. The zero-order chi connectivity index (χ0) is 9.53. The third-order valence-corrected chi connectivity index (χ3v) is 2.87. The largest absolute Gasteiger partial charge is 0.393 e. The van der Waals surface area contributed by atoms with Gasteiger partial charge in [-0.2, -0.15) is 0 Å². The summed E-state index contributed by atoms with van der Waals surface area (Å²) in [5.74, 6) is 0. The van der Waals surface area contributed by atoms with Gasteiger partial charge in [-0.05, 0) is 14.0 Å². The van der Waals surface area contributed by atoms with Crippen molar-refractivity contribution in [2.24, 2.45) is 0 Å². The van der Waals surface area contributed by atoms with Crippen molar-refractivity contribution in [2.75, 3.05) is 13.6 Å². The predicted molar refractivity (Wildman–Crippen MR) is 50.5 cm³/mol. The van der Waals surface area contributed by atoms with E-state index in [2.05, 4.69) is 17.5 Å². The Hall–Kier alpha value is -0.380. The molecular weight excluding hydrogens is 166 g/mol. The fourth-order valence-electron chi connectivity index (χ4n) is 2.49. The van der Waals surface area contributed by atoms with Crippen LogP contribution in [0.5, 0.6) is 0 Å². The number of nitrogens with one attached hydrogen (secondary N) is 1. The molecule has 2 aliphatic rings. The van der Waals surface area contributed by atoms with Crippen LogP contribution in [0.15, 0.2) is 12.2 Å². The molecule has 3 heteroatoms. The highest BCUT2D eigenvalue weighted by Crippen LogP contribution is 2.42. The van der Waals surface area contributed by atoms with Gasteiger partial charge in [0, 0.05) is 19.4 Å². The lowest BCUT2D eigenvalue weighted by Crippen LogP contribution is -2.50. The van der Waals surface area contributed by atoms with E-state index in [0.717, 1.165) is 13.0 Å². The minimum atomic E-state index is -0.263. The minimum Gasteiger partial charge on any atom is -0.393 e. The Bertz CT molecular complexity index is 241. The number of aliphatic hydroxyl groups is 1. The Morgan fingerprint density at radius 2 is 2.31 bits per heavy atom. The van der Waals surface area contributed by atoms with E-state index in [1.54, 1.807) is 0 Å². The second kappa shape index (κ2) is 2.80. The summed E-state index contributed by atoms with van der Waals surface area (Å²) < 4.78 is 5.95. The van der Waals surface area contributed by atoms with Crippen molar-refractivity contribution in [1.82, 2.24) is 5.32 Å². The molecule has 0 spiro atoms. The van der Waals surface area contributed by atoms with E-state index in [1.165, 1.54) is 0 Å². The van der Waals surface area contributed by atoms with Crippen LogP contribution in [0, 0.1) is 0 Å². The number of fused-ring (bicyclic) bond motifs is 2. The number of hydrogen-bond acceptors (Lipinski definition) is 3. The predicted octanol–water partition coefficient (Wildman–Crippen LogP) is 0.444. The van der Waals surface area contributed by atoms with E-state index < -0.39 is 0 Å². The Kier molecular flexibility index (Phi) is 1.98. The summed E-state index contributed by atoms with van der Waals surface area (Å²) >= 11 is 0. The first-order valence-electron chi connectivity index (χ1n) is 4.81. The Morgan fingerprint density at radius 1 is 1.54 bits per heavy atom. The van der Waals surface area contributed by atoms with Crippen LogP contribution >= 0.6 is 0 Å². The van der Waals surface area contributed by atoms with E-state index >= 15 is 0 Å². The van der Waals surface area contributed by atoms with Gasteiger partial charge in [-0.25, -0.2) is 0 Å². The molecule has 1 fully saturated rings. The van der Waals surface area contributed by atoms with Gasteiger partial charge in [-0.15, -0.1) is 0 Å². The number of likely N-dealkylation sites (N-methyl/N-ethyl adjacent to an activating group) is 1. The van der Waals surface area contributed by atoms with E-state index in [-0.39, 0.29) is 17.3 Å². The zero-order valence-corrected chi connectivity index (χ0v) is 8.21. The smallest absolute Gasteiger partial charge is 0.102 e. The maximum absolute atomic E-state index is 9.70. The van der Waals surface area contributed by atoms with Gasteiger partial charge >= 0.3 is 0 Å². The van der Waals surface area contributed by atoms with Crippen LogP contribution in [-0.2, 0) is 4.74 Å². The first-order chi connectivity index (χ1) is 6.08. The van der Waals surface area contributed by atoms with Crippen molar-refractivity contribution in [3.63, 3.8) is 0 Å². The van der Waals surface area contributed by atoms with Crippen molar-refractivity contribution in [3.05, 3.63) is 12.2 Å². The molecule has 0 amide bonds. The molecule has 0 radical (unpaired) electrons. The van der Waals surface area contributed by atoms with Crippen molar-refractivity contribution < 1.29 is 9.84 Å². The fourth-order valence-corrected chi connectivity index (χ4v) is 2.49. The molecular formula is C10H17NO2. The third kappa shape index (κ3) is 1.52. The monoisotopic (exact) mass is 183 g/mol. The van der Waals surface area contributed by atoms with Gasteiger partial charge in [0.1, 0.15) is 5.60 Å². The van der Waals surface area contributed by atoms with Crippen molar-refractivity contribution in [1.29, 1.82) is 0 Å². The molecule has 0 unspecified atom stereocenters. The molecule has 2 heterocycles. The van der Waals surface area contributed by atoms with Crippen LogP contribution in [0.1, 0.15) is 19.8 Å². The molecule has 0 saturated carbocycles. The van der Waals surface area contributed by atoms with Crippen molar-refractivity contribution in [2.45, 2.75) is 37.1 Å². The van der Waals surface area contributed by atoms with Gasteiger partial charge < -0.3 is 15.2 Å². The van der Waals surface area contributed by atoms with Crippen molar-refractivity contribution >= 4 is 0 Å². The van der Waals surface area contributed by atoms with Crippen LogP contribution in [0.2, 0.25) is 0 Å². The molecule has 2 N–H and O–H groups in total. The molecule has 3 atom stereocenters. The Balaban J connectivity index is 2.19. The lowest BCUT2D eigenvalue weighted by Gasteiger charge is -2.41. The highest BCUT2D eigenvalue weighted by molar-refractivity contribution is 5.21. The van der Waals surface area contributed by atoms with E-state index in [9.17, 15) is 5.11 Å². The molecule has 13 heavy (non-hydrogen) atoms. The summed E-state index contributed by atoms with van der Waals surface area (Å²) in [6.07, 6.45) is 5.37. The van der Waals surface area contributed by atoms with Crippen LogP contribution in [0.3, 0.4) is 0 Å². The van der Waals surface area contributed by atoms with Crippen LogP contribution in [0.4, 0.5) is 0 Å². The number of hydrogen-bond donors (Lipinski definition) is 2. The van der Waals surface area contributed by atoms with Crippen LogP contribution < -0.4 is 5.32 Å². The average Bonchev–Trinajstić information content (AvgIpc) is 2.22. The number of aliphatic hydroxyl groups excluding tert-OH is 1. The second-order valence-electron chi connectivity index (χ2n) is 4.41. The summed E-state index contributed by atoms with van der Waals surface area (Å²) in [4.78, 5) is 0. The summed E-state index contributed by atoms with van der Waals surface area (Å²) in [6, 6.07) is 0. The molecule has 3 nitrogen and oxygen atoms in total. The van der Waals surface area contributed by atoms with E-state index in [0.29, 0.717) is 6.42 Å². The molecule has 74 valence electrons. The molecule has 2 bridgehead atoms. The summed E-state index contributed by atoms with van der Waals surface area (Å²) in [5.41, 5.74) is -0.504. The van der Waals surface area contributed by atoms with Crippen LogP contribution in [-0.4, -0.2) is 36.0 Å². The first kappa shape index (κ1) is 9.19. The Labute approximate surface area is 78.8 Å². The van der Waals surface area contributed by atoms with Gasteiger partial charge in [-0.3, -0.25) is 0 Å². The molecule has 2 aliphatic heterocycles. The minimum absolute atomic E-state index is 0.234. The summed E-state index contributed by atoms with van der Waals surface area (Å²) in [7, 11) is 1.91. The van der Waals surface area contributed by atoms with Crippen LogP contribution in [0.25, 0.3) is 0 Å². The lowest BCUT2D eigenvalue weighted by atomic mass is 9.90. The van der Waals surface area contributed by atoms with Gasteiger partial charge in [0.2, 0.25) is 0 Å². The highest BCUT2D eigenvalue weighted by Gasteiger charge is 2.48. The van der Waals surface area contributed by atoms with Gasteiger partial charge in [0.05, 0.1) is 11.7 Å². The van der Waals surface area contributed by atoms with Crippen molar-refractivity contribution in [3.8, 4) is 0 Å². The quantitative estimate of drug-likeness (QED) is 0.611. The average molecular weight is 183 g/mol. The van der Waals surface area contributed by atoms with E-state index in [4.69, 9.17) is 4.74 Å². The Morgan fingerprint density at radius 3 is 3.00 bits per heavy atom. The lowest BCUT2D eigenvalue weighted by molar-refractivity contribution is -0.148. The molecule has 0 aromatic carbocycles. The second-order valence-corrected chi connectivity index (χ2v) is 4.41. The SMILES string of the molecule is CNC[C@]12C=C[C@@](C)(C[C@H](O)C1)O2. The van der Waals surface area contributed by atoms with E-state index in [1.807, 2.05) is 14.0 Å². The maximum Gasteiger partial charge on any atom is 0.102 e. The molecule has 2 rings (SSSR count). The third-order valence-electron chi connectivity index (χ3n) is 2.87. The highest BCUT2D eigenvalue weighted by atomic mass is 16.5. The van der Waals surface area contributed by atoms with Gasteiger partial charge in [-0.1, -0.05) is 12.2 Å². The molecule has 0 aromatic heterocycles. The summed E-state index contributed by atoms with van der Waals surface area (Å²) in [5, 5.41) is 12.8. The van der Waals surface area contributed by atoms with Gasteiger partial charge in [0.15, 0.2) is 0 Å². The molecule has 1 saturated heterocycles. The topological polar surface area (TPSA) is 41.5 Å². The molecule has 0 aliphatic carbocycles. The number of ether oxygens (including phenoxy) is 1. The normalized spacial score (nSPS) is 48.4. The first-order valence-corrected chi connectivity index (χ1v) is 4.81. The fraction of sp³-hybridized carbons (Fsp3) is 0.800. The van der Waals surface area contributed by atoms with Gasteiger partial charge in [0.25, 0.3) is 0 Å². The summed E-state index contributed by atoms with van der Waals surface area (Å²) in [6.45, 7) is 2.80.